The van der Waals surface area contributed by atoms with E-state index >= 15 is 0 Å². The summed E-state index contributed by atoms with van der Waals surface area (Å²) in [5.41, 5.74) is 0.513. The Kier molecular flexibility index (Phi) is 11.0. The summed E-state index contributed by atoms with van der Waals surface area (Å²) in [6.07, 6.45) is 2.34. The fourth-order valence-corrected chi connectivity index (χ4v) is 7.02. The molecule has 2 atom stereocenters. The van der Waals surface area contributed by atoms with Crippen LogP contribution in [0.5, 0.6) is 5.75 Å². The molecule has 13 nitrogen and oxygen atoms in total. The average Bonchev–Trinajstić information content (AvgIpc) is 3.38. The van der Waals surface area contributed by atoms with Crippen LogP contribution in [0.4, 0.5) is 0 Å². The van der Waals surface area contributed by atoms with E-state index in [-0.39, 0.29) is 36.2 Å². The number of fused-ring (bicyclic) bond motifs is 1. The highest BCUT2D eigenvalue weighted by molar-refractivity contribution is 7.89. The van der Waals surface area contributed by atoms with E-state index in [1.54, 1.807) is 30.3 Å². The van der Waals surface area contributed by atoms with E-state index in [0.717, 1.165) is 37.0 Å². The zero-order valence-electron chi connectivity index (χ0n) is 26.2. The van der Waals surface area contributed by atoms with Crippen LogP contribution in [0.1, 0.15) is 43.7 Å². The maximum Gasteiger partial charge on any atom is 0.287 e. The molecular weight excluding hydrogens is 612 g/mol. The Hall–Kier alpha value is -3.85. The first-order valence-corrected chi connectivity index (χ1v) is 17.2. The number of furan rings is 1. The number of nitrogens with zero attached hydrogens (tertiary/aromatic N) is 3. The first-order chi connectivity index (χ1) is 22.1. The van der Waals surface area contributed by atoms with Crippen molar-refractivity contribution in [2.75, 3.05) is 52.4 Å². The molecule has 3 N–H and O–H groups in total. The third-order valence-corrected chi connectivity index (χ3v) is 9.87. The molecule has 248 valence electrons. The number of aromatic nitrogens is 1. The highest BCUT2D eigenvalue weighted by atomic mass is 32.2. The van der Waals surface area contributed by atoms with Crippen LogP contribution in [0.25, 0.3) is 11.0 Å². The summed E-state index contributed by atoms with van der Waals surface area (Å²) in [6, 6.07) is 9.72. The van der Waals surface area contributed by atoms with Gasteiger partial charge in [-0.15, -0.1) is 0 Å². The van der Waals surface area contributed by atoms with E-state index in [4.69, 9.17) is 9.15 Å². The van der Waals surface area contributed by atoms with E-state index in [1.807, 2.05) is 19.9 Å². The molecule has 1 aromatic carbocycles. The molecule has 5 rings (SSSR count). The van der Waals surface area contributed by atoms with Gasteiger partial charge in [0.15, 0.2) is 16.6 Å². The maximum atomic E-state index is 13.4. The number of nitrogens with one attached hydrogen (secondary N) is 3. The number of benzene rings is 1. The van der Waals surface area contributed by atoms with Gasteiger partial charge >= 0.3 is 0 Å². The van der Waals surface area contributed by atoms with Crippen molar-refractivity contribution in [2.24, 2.45) is 5.92 Å². The predicted octanol–water partition coefficient (Wildman–Crippen LogP) is 1.79. The lowest BCUT2D eigenvalue weighted by Crippen LogP contribution is -2.52. The third-order valence-electron chi connectivity index (χ3n) is 8.11. The van der Waals surface area contributed by atoms with Crippen molar-refractivity contribution in [1.82, 2.24) is 30.1 Å². The van der Waals surface area contributed by atoms with Crippen LogP contribution in [0.3, 0.4) is 0 Å². The number of carbonyl (C=O) groups excluding carboxylic acids is 3. The smallest absolute Gasteiger partial charge is 0.287 e. The molecule has 0 aliphatic carbocycles. The second kappa shape index (κ2) is 15.2. The number of hydrogen-bond acceptors (Lipinski definition) is 10. The first-order valence-electron chi connectivity index (χ1n) is 15.7. The number of amides is 2. The Morgan fingerprint density at radius 3 is 2.67 bits per heavy atom. The van der Waals surface area contributed by atoms with Gasteiger partial charge in [-0.05, 0) is 61.6 Å². The summed E-state index contributed by atoms with van der Waals surface area (Å²) >= 11 is 0. The molecule has 2 aromatic heterocycles. The number of hydrogen-bond donors (Lipinski definition) is 3. The van der Waals surface area contributed by atoms with Crippen molar-refractivity contribution in [3.8, 4) is 5.75 Å². The Labute approximate surface area is 269 Å². The van der Waals surface area contributed by atoms with E-state index < -0.39 is 39.7 Å². The number of ether oxygens (including phenoxy) is 1. The van der Waals surface area contributed by atoms with Crippen LogP contribution < -0.4 is 20.7 Å². The standard InChI is InChI=1S/C32H42N6O7S/c1-22(2)18-26(31(40)35-25-6-5-13-38(21-27(25)39)46(42,43)30-7-3-4-10-34-30)36-32(41)29-20-23-19-24(8-9-28(23)45-29)44-17-16-37-14-11-33-12-15-37/h3-4,7-10,19-20,22,25-26,33H,5-6,11-18,21H2,1-2H3,(H,35,40)(H,36,41)/t25?,26-/m0/s1. The van der Waals surface area contributed by atoms with E-state index in [1.165, 1.54) is 12.3 Å². The lowest BCUT2D eigenvalue weighted by Gasteiger charge is -2.26. The van der Waals surface area contributed by atoms with Crippen molar-refractivity contribution in [2.45, 2.75) is 50.2 Å². The number of ketones is 1. The number of Topliss-reactive ketones (excluding diaryl/α,β-unsaturated/α-hetero) is 1. The Bertz CT molecular complexity index is 1620. The average molecular weight is 655 g/mol. The predicted molar refractivity (Wildman–Crippen MR) is 171 cm³/mol. The molecule has 14 heteroatoms. The van der Waals surface area contributed by atoms with Crippen molar-refractivity contribution in [3.05, 3.63) is 54.4 Å². The molecule has 3 aromatic rings. The fourth-order valence-electron chi connectivity index (χ4n) is 5.64. The van der Waals surface area contributed by atoms with Crippen molar-refractivity contribution in [3.63, 3.8) is 0 Å². The topological polar surface area (TPSA) is 163 Å². The molecular formula is C32H42N6O7S. The number of piperazine rings is 1. The second-order valence-electron chi connectivity index (χ2n) is 12.1. The lowest BCUT2D eigenvalue weighted by molar-refractivity contribution is -0.129. The quantitative estimate of drug-likeness (QED) is 0.263. The summed E-state index contributed by atoms with van der Waals surface area (Å²) in [7, 11) is -3.96. The minimum atomic E-state index is -3.96. The van der Waals surface area contributed by atoms with E-state index in [9.17, 15) is 22.8 Å². The van der Waals surface area contributed by atoms with Gasteiger partial charge in [0.25, 0.3) is 15.9 Å². The van der Waals surface area contributed by atoms with Gasteiger partial charge < -0.3 is 25.1 Å². The zero-order valence-corrected chi connectivity index (χ0v) is 27.1. The van der Waals surface area contributed by atoms with Crippen LogP contribution in [0, 0.1) is 5.92 Å². The van der Waals surface area contributed by atoms with Gasteiger partial charge in [-0.25, -0.2) is 13.4 Å². The van der Waals surface area contributed by atoms with Gasteiger partial charge in [-0.1, -0.05) is 19.9 Å². The van der Waals surface area contributed by atoms with Gasteiger partial charge in [0.1, 0.15) is 24.0 Å². The molecule has 1 unspecified atom stereocenters. The second-order valence-corrected chi connectivity index (χ2v) is 14.0. The molecule has 46 heavy (non-hydrogen) atoms. The monoisotopic (exact) mass is 654 g/mol. The zero-order chi connectivity index (χ0) is 32.7. The van der Waals surface area contributed by atoms with Crippen molar-refractivity contribution in [1.29, 1.82) is 0 Å². The van der Waals surface area contributed by atoms with Gasteiger partial charge in [0, 0.05) is 50.9 Å². The SMILES string of the molecule is CC(C)C[C@H](NC(=O)c1cc2cc(OCCN3CCNCC3)ccc2o1)C(=O)NC1CCCN(S(=O)(=O)c2ccccn2)CC1=O. The molecule has 0 spiro atoms. The number of rotatable bonds is 12. The van der Waals surface area contributed by atoms with E-state index in [0.29, 0.717) is 36.2 Å². The molecule has 0 bridgehead atoms. The summed E-state index contributed by atoms with van der Waals surface area (Å²) in [6.45, 7) is 8.89. The number of carbonyl (C=O) groups is 3. The Balaban J connectivity index is 1.20. The van der Waals surface area contributed by atoms with Gasteiger partial charge in [0.05, 0.1) is 12.6 Å². The molecule has 2 fully saturated rings. The molecule has 0 radical (unpaired) electrons. The van der Waals surface area contributed by atoms with Gasteiger partial charge in [-0.3, -0.25) is 19.3 Å². The first kappa shape index (κ1) is 33.5. The summed E-state index contributed by atoms with van der Waals surface area (Å²) in [4.78, 5) is 46.1. The fraction of sp³-hybridized carbons (Fsp3) is 0.500. The molecule has 0 saturated carbocycles. The van der Waals surface area contributed by atoms with Crippen LogP contribution in [-0.2, 0) is 19.6 Å². The van der Waals surface area contributed by atoms with E-state index in [2.05, 4.69) is 25.8 Å². The van der Waals surface area contributed by atoms with Crippen LogP contribution in [0.2, 0.25) is 0 Å². The Morgan fingerprint density at radius 1 is 1.13 bits per heavy atom. The lowest BCUT2D eigenvalue weighted by atomic mass is 10.0. The van der Waals surface area contributed by atoms with Gasteiger partial charge in [-0.2, -0.15) is 4.31 Å². The number of pyridine rings is 1. The van der Waals surface area contributed by atoms with Crippen LogP contribution in [0.15, 0.2) is 58.1 Å². The highest BCUT2D eigenvalue weighted by Gasteiger charge is 2.35. The summed E-state index contributed by atoms with van der Waals surface area (Å²) < 4.78 is 38.9. The van der Waals surface area contributed by atoms with Crippen molar-refractivity contribution >= 4 is 38.6 Å². The Morgan fingerprint density at radius 2 is 1.93 bits per heavy atom. The highest BCUT2D eigenvalue weighted by Crippen LogP contribution is 2.25. The largest absolute Gasteiger partial charge is 0.492 e. The number of sulfonamides is 1. The van der Waals surface area contributed by atoms with Crippen molar-refractivity contribution < 1.29 is 32.0 Å². The maximum absolute atomic E-state index is 13.4. The normalized spacial score (nSPS) is 19.1. The third kappa shape index (κ3) is 8.49. The molecule has 2 aliphatic heterocycles. The summed E-state index contributed by atoms with van der Waals surface area (Å²) in [5.74, 6) is -0.724. The summed E-state index contributed by atoms with van der Waals surface area (Å²) in [5, 5.41) is 9.43. The minimum absolute atomic E-state index is 0.0513. The molecule has 2 saturated heterocycles. The van der Waals surface area contributed by atoms with Crippen LogP contribution in [-0.4, -0.2) is 105 Å². The molecule has 4 heterocycles. The minimum Gasteiger partial charge on any atom is -0.492 e. The molecule has 2 aliphatic rings. The van der Waals surface area contributed by atoms with Gasteiger partial charge in [0.2, 0.25) is 5.91 Å². The van der Waals surface area contributed by atoms with Crippen LogP contribution >= 0.6 is 0 Å². The molecule has 2 amide bonds.